The highest BCUT2D eigenvalue weighted by molar-refractivity contribution is 6.02. The molecule has 0 radical (unpaired) electrons. The highest BCUT2D eigenvalue weighted by atomic mass is 19.1. The maximum Gasteiger partial charge on any atom is 0.352 e. The Morgan fingerprint density at radius 1 is 0.905 bits per heavy atom. The molecule has 0 saturated carbocycles. The van der Waals surface area contributed by atoms with Gasteiger partial charge in [0.2, 0.25) is 5.69 Å². The lowest BCUT2D eigenvalue weighted by Crippen LogP contribution is -2.43. The van der Waals surface area contributed by atoms with Crippen molar-refractivity contribution in [3.05, 3.63) is 112 Å². The number of methoxy groups -OCH3 is 2. The molecule has 5 rings (SSSR count). The Kier molecular flexibility index (Phi) is 7.73. The summed E-state index contributed by atoms with van der Waals surface area (Å²) in [7, 11) is 4.06. The van der Waals surface area contributed by atoms with Crippen LogP contribution in [0.1, 0.15) is 10.5 Å². The van der Waals surface area contributed by atoms with E-state index in [-0.39, 0.29) is 22.9 Å². The van der Waals surface area contributed by atoms with Crippen LogP contribution in [0.2, 0.25) is 0 Å². The number of carbonyl (C=O) groups excluding carboxylic acids is 1. The van der Waals surface area contributed by atoms with Crippen LogP contribution in [0, 0.1) is 5.82 Å². The molecule has 0 atom stereocenters. The van der Waals surface area contributed by atoms with Crippen LogP contribution in [-0.2, 0) is 7.05 Å². The minimum atomic E-state index is -0.960. The average molecular weight is 571 g/mol. The number of halogens is 1. The van der Waals surface area contributed by atoms with Crippen molar-refractivity contribution in [2.75, 3.05) is 19.5 Å². The van der Waals surface area contributed by atoms with Gasteiger partial charge in [-0.15, -0.1) is 0 Å². The quantitative estimate of drug-likeness (QED) is 0.296. The summed E-state index contributed by atoms with van der Waals surface area (Å²) >= 11 is 0. The Labute approximate surface area is 237 Å². The SMILES string of the molecule is COc1ccc(-n2nc(C(=O)Nc3ccc(Oc4ccncc4-c4cccnc4)c(F)c3)c(=O)n(C)c2=O)c(OC)c1. The largest absolute Gasteiger partial charge is 0.497 e. The van der Waals surface area contributed by atoms with Crippen molar-refractivity contribution in [2.45, 2.75) is 0 Å². The summed E-state index contributed by atoms with van der Waals surface area (Å²) in [6, 6.07) is 13.5. The number of hydrogen-bond donors (Lipinski definition) is 1. The molecule has 1 N–H and O–H groups in total. The van der Waals surface area contributed by atoms with Gasteiger partial charge in [-0.3, -0.25) is 24.1 Å². The van der Waals surface area contributed by atoms with Gasteiger partial charge in [-0.2, -0.15) is 9.78 Å². The third-order valence-electron chi connectivity index (χ3n) is 6.17. The third kappa shape index (κ3) is 5.43. The fourth-order valence-electron chi connectivity index (χ4n) is 4.01. The standard InChI is InChI=1S/C29H23FN6O6/c1-35-28(38)26(34-36(29(35)39)22-8-7-19(40-2)14-25(22)41-3)27(37)33-18-6-9-24(21(30)13-18)42-23-10-12-32-16-20(23)17-5-4-11-31-15-17/h4-16H,1-3H3,(H,33,37). The number of pyridine rings is 2. The van der Waals surface area contributed by atoms with Gasteiger partial charge in [-0.1, -0.05) is 6.07 Å². The maximum absolute atomic E-state index is 15.1. The summed E-state index contributed by atoms with van der Waals surface area (Å²) in [6.07, 6.45) is 6.34. The summed E-state index contributed by atoms with van der Waals surface area (Å²) in [6.45, 7) is 0. The van der Waals surface area contributed by atoms with Crippen molar-refractivity contribution in [1.29, 1.82) is 0 Å². The fourth-order valence-corrected chi connectivity index (χ4v) is 4.01. The molecule has 0 aliphatic rings. The summed E-state index contributed by atoms with van der Waals surface area (Å²) < 4.78 is 33.0. The van der Waals surface area contributed by atoms with Crippen LogP contribution in [-0.4, -0.2) is 44.4 Å². The van der Waals surface area contributed by atoms with Crippen LogP contribution in [0.3, 0.4) is 0 Å². The molecule has 0 aliphatic carbocycles. The maximum atomic E-state index is 15.1. The monoisotopic (exact) mass is 570 g/mol. The second kappa shape index (κ2) is 11.7. The Hall–Kier alpha value is -5.85. The Bertz CT molecular complexity index is 1910. The molecule has 0 saturated heterocycles. The highest BCUT2D eigenvalue weighted by Gasteiger charge is 2.21. The number of nitrogens with zero attached hydrogens (tertiary/aromatic N) is 5. The van der Waals surface area contributed by atoms with Crippen molar-refractivity contribution in [1.82, 2.24) is 24.3 Å². The molecule has 0 unspecified atom stereocenters. The van der Waals surface area contributed by atoms with Gasteiger partial charge in [0.15, 0.2) is 11.6 Å². The Balaban J connectivity index is 1.43. The lowest BCUT2D eigenvalue weighted by Gasteiger charge is -2.14. The smallest absolute Gasteiger partial charge is 0.352 e. The molecular weight excluding hydrogens is 547 g/mol. The minimum Gasteiger partial charge on any atom is -0.497 e. The van der Waals surface area contributed by atoms with E-state index >= 15 is 4.39 Å². The average Bonchev–Trinajstić information content (AvgIpc) is 3.01. The first-order chi connectivity index (χ1) is 20.3. The molecule has 0 bridgehead atoms. The molecule has 0 spiro atoms. The van der Waals surface area contributed by atoms with Crippen molar-refractivity contribution in [3.8, 4) is 39.8 Å². The number of amides is 1. The summed E-state index contributed by atoms with van der Waals surface area (Å²) in [5.74, 6) is -0.838. The minimum absolute atomic E-state index is 0.0238. The molecule has 1 amide bonds. The van der Waals surface area contributed by atoms with Crippen LogP contribution in [0.15, 0.2) is 89.0 Å². The first-order valence-electron chi connectivity index (χ1n) is 12.4. The second-order valence-corrected chi connectivity index (χ2v) is 8.76. The molecule has 13 heteroatoms. The van der Waals surface area contributed by atoms with E-state index in [1.54, 1.807) is 36.8 Å². The zero-order chi connectivity index (χ0) is 29.8. The number of ether oxygens (including phenoxy) is 3. The molecule has 0 aliphatic heterocycles. The summed E-state index contributed by atoms with van der Waals surface area (Å²) in [5, 5.41) is 6.45. The third-order valence-corrected chi connectivity index (χ3v) is 6.17. The van der Waals surface area contributed by atoms with E-state index in [1.165, 1.54) is 51.7 Å². The van der Waals surface area contributed by atoms with E-state index in [0.29, 0.717) is 17.1 Å². The van der Waals surface area contributed by atoms with Gasteiger partial charge in [0, 0.05) is 60.8 Å². The summed E-state index contributed by atoms with van der Waals surface area (Å²) in [4.78, 5) is 47.0. The zero-order valence-corrected chi connectivity index (χ0v) is 22.6. The van der Waals surface area contributed by atoms with Crippen LogP contribution in [0.25, 0.3) is 16.8 Å². The van der Waals surface area contributed by atoms with Crippen LogP contribution < -0.4 is 30.8 Å². The first kappa shape index (κ1) is 27.7. The van der Waals surface area contributed by atoms with Gasteiger partial charge in [-0.05, 0) is 36.4 Å². The number of anilines is 1. The molecule has 3 heterocycles. The Morgan fingerprint density at radius 2 is 1.71 bits per heavy atom. The lowest BCUT2D eigenvalue weighted by molar-refractivity contribution is 0.101. The van der Waals surface area contributed by atoms with Crippen LogP contribution >= 0.6 is 0 Å². The predicted molar refractivity (Wildman–Crippen MR) is 150 cm³/mol. The van der Waals surface area contributed by atoms with E-state index in [0.717, 1.165) is 20.9 Å². The molecule has 3 aromatic heterocycles. The van der Waals surface area contributed by atoms with E-state index in [4.69, 9.17) is 14.2 Å². The van der Waals surface area contributed by atoms with Gasteiger partial charge >= 0.3 is 5.69 Å². The van der Waals surface area contributed by atoms with Gasteiger partial charge in [0.1, 0.15) is 22.9 Å². The zero-order valence-electron chi connectivity index (χ0n) is 22.6. The van der Waals surface area contributed by atoms with E-state index in [2.05, 4.69) is 20.4 Å². The fraction of sp³-hybridized carbons (Fsp3) is 0.103. The van der Waals surface area contributed by atoms with E-state index in [9.17, 15) is 14.4 Å². The van der Waals surface area contributed by atoms with Gasteiger partial charge in [0.05, 0.1) is 14.2 Å². The van der Waals surface area contributed by atoms with Gasteiger partial charge < -0.3 is 19.5 Å². The molecule has 2 aromatic carbocycles. The van der Waals surface area contributed by atoms with E-state index in [1.807, 2.05) is 6.07 Å². The normalized spacial score (nSPS) is 10.7. The van der Waals surface area contributed by atoms with Crippen molar-refractivity contribution < 1.29 is 23.4 Å². The molecule has 212 valence electrons. The molecular formula is C29H23FN6O6. The van der Waals surface area contributed by atoms with Crippen molar-refractivity contribution >= 4 is 11.6 Å². The molecule has 5 aromatic rings. The van der Waals surface area contributed by atoms with Gasteiger partial charge in [0.25, 0.3) is 11.5 Å². The number of nitrogens with one attached hydrogen (secondary N) is 1. The molecule has 12 nitrogen and oxygen atoms in total. The van der Waals surface area contributed by atoms with Crippen LogP contribution in [0.4, 0.5) is 10.1 Å². The molecule has 42 heavy (non-hydrogen) atoms. The number of hydrogen-bond acceptors (Lipinski definition) is 9. The number of benzene rings is 2. The van der Waals surface area contributed by atoms with Crippen molar-refractivity contribution in [2.24, 2.45) is 7.05 Å². The Morgan fingerprint density at radius 3 is 2.43 bits per heavy atom. The van der Waals surface area contributed by atoms with E-state index < -0.39 is 28.7 Å². The number of carbonyl (C=O) groups is 1. The first-order valence-corrected chi connectivity index (χ1v) is 12.4. The topological polar surface area (TPSA) is 139 Å². The van der Waals surface area contributed by atoms with Gasteiger partial charge in [-0.25, -0.2) is 9.18 Å². The van der Waals surface area contributed by atoms with Crippen molar-refractivity contribution in [3.63, 3.8) is 0 Å². The highest BCUT2D eigenvalue weighted by Crippen LogP contribution is 2.34. The predicted octanol–water partition coefficient (Wildman–Crippen LogP) is 3.59. The van der Waals surface area contributed by atoms with Crippen LogP contribution in [0.5, 0.6) is 23.0 Å². The molecule has 0 fully saturated rings. The lowest BCUT2D eigenvalue weighted by atomic mass is 10.1. The second-order valence-electron chi connectivity index (χ2n) is 8.76. The summed E-state index contributed by atoms with van der Waals surface area (Å²) in [5.41, 5.74) is -0.830. The number of aromatic nitrogens is 5. The number of rotatable bonds is 8.